The first-order chi connectivity index (χ1) is 8.60. The molecule has 4 heteroatoms. The van der Waals surface area contributed by atoms with E-state index in [4.69, 9.17) is 11.0 Å². The summed E-state index contributed by atoms with van der Waals surface area (Å²) in [7, 11) is 0. The van der Waals surface area contributed by atoms with Gasteiger partial charge in [0, 0.05) is 5.69 Å². The normalized spacial score (nSPS) is 9.83. The SMILES string of the molecule is Cc1ccc(Nc2ccc(C#N)cc2N)cc1F. The average molecular weight is 241 g/mol. The molecule has 90 valence electrons. The third-order valence-electron chi connectivity index (χ3n) is 2.63. The maximum absolute atomic E-state index is 13.4. The number of hydrogen-bond donors (Lipinski definition) is 2. The van der Waals surface area contributed by atoms with Gasteiger partial charge in [-0.1, -0.05) is 6.07 Å². The number of nitrogens with two attached hydrogens (primary N) is 1. The zero-order valence-electron chi connectivity index (χ0n) is 9.87. The average Bonchev–Trinajstić information content (AvgIpc) is 2.36. The fourth-order valence-corrected chi connectivity index (χ4v) is 1.57. The van der Waals surface area contributed by atoms with Crippen LogP contribution in [0.15, 0.2) is 36.4 Å². The Bertz CT molecular complexity index is 629. The van der Waals surface area contributed by atoms with Crippen LogP contribution in [0, 0.1) is 24.1 Å². The molecule has 2 aromatic rings. The highest BCUT2D eigenvalue weighted by Gasteiger charge is 2.03. The van der Waals surface area contributed by atoms with E-state index in [-0.39, 0.29) is 5.82 Å². The summed E-state index contributed by atoms with van der Waals surface area (Å²) in [5, 5.41) is 11.8. The van der Waals surface area contributed by atoms with E-state index in [2.05, 4.69) is 5.32 Å². The number of halogens is 1. The summed E-state index contributed by atoms with van der Waals surface area (Å²) in [5.74, 6) is -0.271. The van der Waals surface area contributed by atoms with E-state index in [9.17, 15) is 4.39 Å². The molecule has 0 aliphatic heterocycles. The van der Waals surface area contributed by atoms with Crippen LogP contribution in [0.5, 0.6) is 0 Å². The zero-order chi connectivity index (χ0) is 13.1. The Balaban J connectivity index is 2.29. The minimum atomic E-state index is -0.271. The molecule has 0 fully saturated rings. The smallest absolute Gasteiger partial charge is 0.128 e. The van der Waals surface area contributed by atoms with Crippen LogP contribution in [0.1, 0.15) is 11.1 Å². The zero-order valence-corrected chi connectivity index (χ0v) is 9.87. The monoisotopic (exact) mass is 241 g/mol. The second kappa shape index (κ2) is 4.76. The first-order valence-electron chi connectivity index (χ1n) is 5.43. The third kappa shape index (κ3) is 2.41. The van der Waals surface area contributed by atoms with Gasteiger partial charge in [-0.05, 0) is 42.8 Å². The molecule has 0 spiro atoms. The first kappa shape index (κ1) is 11.9. The van der Waals surface area contributed by atoms with Gasteiger partial charge in [0.25, 0.3) is 0 Å². The molecule has 0 aromatic heterocycles. The van der Waals surface area contributed by atoms with E-state index in [1.54, 1.807) is 37.3 Å². The van der Waals surface area contributed by atoms with Crippen molar-refractivity contribution in [3.63, 3.8) is 0 Å². The van der Waals surface area contributed by atoms with Gasteiger partial charge in [0.1, 0.15) is 5.82 Å². The number of nitriles is 1. The van der Waals surface area contributed by atoms with E-state index >= 15 is 0 Å². The lowest BCUT2D eigenvalue weighted by molar-refractivity contribution is 0.619. The van der Waals surface area contributed by atoms with E-state index in [0.717, 1.165) is 0 Å². The van der Waals surface area contributed by atoms with Crippen molar-refractivity contribution in [2.75, 3.05) is 11.1 Å². The van der Waals surface area contributed by atoms with Crippen LogP contribution in [0.2, 0.25) is 0 Å². The number of nitrogens with one attached hydrogen (secondary N) is 1. The molecule has 2 rings (SSSR count). The molecule has 0 unspecified atom stereocenters. The van der Waals surface area contributed by atoms with Gasteiger partial charge < -0.3 is 11.1 Å². The lowest BCUT2D eigenvalue weighted by atomic mass is 10.1. The van der Waals surface area contributed by atoms with Crippen LogP contribution in [-0.4, -0.2) is 0 Å². The maximum atomic E-state index is 13.4. The van der Waals surface area contributed by atoms with Crippen molar-refractivity contribution in [1.82, 2.24) is 0 Å². The lowest BCUT2D eigenvalue weighted by Gasteiger charge is -2.10. The molecule has 0 atom stereocenters. The van der Waals surface area contributed by atoms with Crippen molar-refractivity contribution >= 4 is 17.1 Å². The van der Waals surface area contributed by atoms with Gasteiger partial charge in [0.2, 0.25) is 0 Å². The molecule has 0 saturated heterocycles. The summed E-state index contributed by atoms with van der Waals surface area (Å²) in [6.07, 6.45) is 0. The minimum absolute atomic E-state index is 0.271. The van der Waals surface area contributed by atoms with Gasteiger partial charge in [0.05, 0.1) is 23.0 Å². The standard InChI is InChI=1S/C14H12FN3/c1-9-2-4-11(7-12(9)15)18-14-5-3-10(8-16)6-13(14)17/h2-7,18H,17H2,1H3. The summed E-state index contributed by atoms with van der Waals surface area (Å²) < 4.78 is 13.4. The fraction of sp³-hybridized carbons (Fsp3) is 0.0714. The number of benzene rings is 2. The van der Waals surface area contributed by atoms with Crippen molar-refractivity contribution in [1.29, 1.82) is 5.26 Å². The molecular formula is C14H12FN3. The van der Waals surface area contributed by atoms with E-state index in [1.807, 2.05) is 6.07 Å². The molecule has 0 aliphatic rings. The van der Waals surface area contributed by atoms with E-state index in [0.29, 0.717) is 28.2 Å². The third-order valence-corrected chi connectivity index (χ3v) is 2.63. The molecule has 3 N–H and O–H groups in total. The summed E-state index contributed by atoms with van der Waals surface area (Å²) in [4.78, 5) is 0. The molecule has 0 bridgehead atoms. The van der Waals surface area contributed by atoms with Gasteiger partial charge in [0.15, 0.2) is 0 Å². The van der Waals surface area contributed by atoms with Gasteiger partial charge in [-0.25, -0.2) is 4.39 Å². The van der Waals surface area contributed by atoms with Gasteiger partial charge in [-0.15, -0.1) is 0 Å². The van der Waals surface area contributed by atoms with Crippen LogP contribution in [0.25, 0.3) is 0 Å². The second-order valence-corrected chi connectivity index (χ2v) is 4.00. The molecule has 0 radical (unpaired) electrons. The Morgan fingerprint density at radius 3 is 2.61 bits per heavy atom. The predicted molar refractivity (Wildman–Crippen MR) is 70.0 cm³/mol. The molecule has 0 heterocycles. The van der Waals surface area contributed by atoms with Crippen LogP contribution < -0.4 is 11.1 Å². The first-order valence-corrected chi connectivity index (χ1v) is 5.43. The number of nitrogens with zero attached hydrogens (tertiary/aromatic N) is 1. The molecule has 18 heavy (non-hydrogen) atoms. The van der Waals surface area contributed by atoms with Gasteiger partial charge >= 0.3 is 0 Å². The Morgan fingerprint density at radius 2 is 2.00 bits per heavy atom. The lowest BCUT2D eigenvalue weighted by Crippen LogP contribution is -1.97. The molecule has 2 aromatic carbocycles. The number of hydrogen-bond acceptors (Lipinski definition) is 3. The van der Waals surface area contributed by atoms with Crippen LogP contribution >= 0.6 is 0 Å². The summed E-state index contributed by atoms with van der Waals surface area (Å²) in [5.41, 5.74) is 8.61. The minimum Gasteiger partial charge on any atom is -0.397 e. The van der Waals surface area contributed by atoms with Gasteiger partial charge in [-0.3, -0.25) is 0 Å². The fourth-order valence-electron chi connectivity index (χ4n) is 1.57. The molecule has 0 aliphatic carbocycles. The van der Waals surface area contributed by atoms with E-state index in [1.165, 1.54) is 6.07 Å². The highest BCUT2D eigenvalue weighted by atomic mass is 19.1. The number of aryl methyl sites for hydroxylation is 1. The predicted octanol–water partition coefficient (Wildman–Crippen LogP) is 3.33. The molecule has 0 amide bonds. The number of anilines is 3. The summed E-state index contributed by atoms with van der Waals surface area (Å²) in [6.45, 7) is 1.70. The van der Waals surface area contributed by atoms with Crippen LogP contribution in [0.4, 0.5) is 21.5 Å². The molecular weight excluding hydrogens is 229 g/mol. The van der Waals surface area contributed by atoms with Crippen molar-refractivity contribution in [3.05, 3.63) is 53.3 Å². The maximum Gasteiger partial charge on any atom is 0.128 e. The van der Waals surface area contributed by atoms with Crippen LogP contribution in [-0.2, 0) is 0 Å². The Morgan fingerprint density at radius 1 is 1.22 bits per heavy atom. The van der Waals surface area contributed by atoms with Gasteiger partial charge in [-0.2, -0.15) is 5.26 Å². The quantitative estimate of drug-likeness (QED) is 0.793. The van der Waals surface area contributed by atoms with Crippen LogP contribution in [0.3, 0.4) is 0 Å². The molecule has 0 saturated carbocycles. The summed E-state index contributed by atoms with van der Waals surface area (Å²) in [6, 6.07) is 11.8. The Kier molecular flexibility index (Phi) is 3.16. The van der Waals surface area contributed by atoms with Crippen molar-refractivity contribution in [3.8, 4) is 6.07 Å². The number of nitrogen functional groups attached to an aromatic ring is 1. The van der Waals surface area contributed by atoms with Crippen molar-refractivity contribution in [2.24, 2.45) is 0 Å². The Labute approximate surface area is 105 Å². The second-order valence-electron chi connectivity index (χ2n) is 4.00. The van der Waals surface area contributed by atoms with E-state index < -0.39 is 0 Å². The molecule has 3 nitrogen and oxygen atoms in total. The topological polar surface area (TPSA) is 61.8 Å². The largest absolute Gasteiger partial charge is 0.397 e. The highest BCUT2D eigenvalue weighted by Crippen LogP contribution is 2.25. The van der Waals surface area contributed by atoms with Crippen molar-refractivity contribution < 1.29 is 4.39 Å². The highest BCUT2D eigenvalue weighted by molar-refractivity contribution is 5.73. The van der Waals surface area contributed by atoms with Crippen molar-refractivity contribution in [2.45, 2.75) is 6.92 Å². The Hall–Kier alpha value is -2.54. The number of rotatable bonds is 2. The summed E-state index contributed by atoms with van der Waals surface area (Å²) >= 11 is 0.